The fraction of sp³-hybridized carbons (Fsp3) is 0.0667. The van der Waals surface area contributed by atoms with E-state index in [-0.39, 0.29) is 5.91 Å². The lowest BCUT2D eigenvalue weighted by Gasteiger charge is -2.09. The van der Waals surface area contributed by atoms with E-state index in [1.165, 1.54) is 6.20 Å². The molecule has 2 aromatic heterocycles. The van der Waals surface area contributed by atoms with Crippen LogP contribution < -0.4 is 5.32 Å². The molecule has 112 valence electrons. The number of amides is 1. The number of nitrogens with zero attached hydrogens (tertiary/aromatic N) is 3. The second-order valence-corrected chi connectivity index (χ2v) is 5.52. The van der Waals surface area contributed by atoms with Crippen LogP contribution in [0.5, 0.6) is 0 Å². The van der Waals surface area contributed by atoms with Crippen molar-refractivity contribution in [3.63, 3.8) is 0 Å². The maximum absolute atomic E-state index is 12.5. The van der Waals surface area contributed by atoms with Crippen molar-refractivity contribution in [1.82, 2.24) is 14.3 Å². The minimum absolute atomic E-state index is 0.291. The molecule has 0 saturated carbocycles. The summed E-state index contributed by atoms with van der Waals surface area (Å²) in [6, 6.07) is 8.66. The Bertz CT molecular complexity index is 824. The van der Waals surface area contributed by atoms with E-state index in [0.29, 0.717) is 27.1 Å². The molecular formula is C15H12Cl2N4O. The van der Waals surface area contributed by atoms with Crippen molar-refractivity contribution in [2.24, 2.45) is 7.05 Å². The van der Waals surface area contributed by atoms with E-state index >= 15 is 0 Å². The monoisotopic (exact) mass is 334 g/mol. The van der Waals surface area contributed by atoms with Crippen LogP contribution in [0.2, 0.25) is 10.0 Å². The number of anilines is 1. The zero-order valence-electron chi connectivity index (χ0n) is 11.6. The first-order chi connectivity index (χ1) is 10.6. The first-order valence-corrected chi connectivity index (χ1v) is 7.23. The number of carbonyl (C=O) groups is 1. The van der Waals surface area contributed by atoms with Crippen LogP contribution in [0.25, 0.3) is 5.82 Å². The fourth-order valence-electron chi connectivity index (χ4n) is 2.15. The SMILES string of the molecule is Cn1ncc(C(=O)Nc2ccc(Cl)cc2Cl)c1-n1cccc1. The molecular weight excluding hydrogens is 323 g/mol. The highest BCUT2D eigenvalue weighted by Gasteiger charge is 2.18. The lowest BCUT2D eigenvalue weighted by molar-refractivity contribution is 0.102. The summed E-state index contributed by atoms with van der Waals surface area (Å²) >= 11 is 11.9. The first-order valence-electron chi connectivity index (χ1n) is 6.48. The van der Waals surface area contributed by atoms with E-state index in [1.807, 2.05) is 29.1 Å². The minimum atomic E-state index is -0.291. The van der Waals surface area contributed by atoms with Gasteiger partial charge < -0.3 is 9.88 Å². The van der Waals surface area contributed by atoms with Gasteiger partial charge in [-0.05, 0) is 30.3 Å². The number of aromatic nitrogens is 3. The Kier molecular flexibility index (Phi) is 3.92. The Hall–Kier alpha value is -2.24. The van der Waals surface area contributed by atoms with Gasteiger partial charge in [0.2, 0.25) is 0 Å². The van der Waals surface area contributed by atoms with Gasteiger partial charge in [-0.25, -0.2) is 0 Å². The molecule has 0 spiro atoms. The van der Waals surface area contributed by atoms with Crippen LogP contribution in [0.4, 0.5) is 5.69 Å². The summed E-state index contributed by atoms with van der Waals surface area (Å²) < 4.78 is 3.46. The molecule has 0 radical (unpaired) electrons. The first kappa shape index (κ1) is 14.7. The fourth-order valence-corrected chi connectivity index (χ4v) is 2.61. The molecule has 0 aliphatic carbocycles. The zero-order chi connectivity index (χ0) is 15.7. The van der Waals surface area contributed by atoms with Crippen LogP contribution in [0.3, 0.4) is 0 Å². The van der Waals surface area contributed by atoms with E-state index in [1.54, 1.807) is 29.9 Å². The number of hydrogen-bond acceptors (Lipinski definition) is 2. The summed E-state index contributed by atoms with van der Waals surface area (Å²) in [4.78, 5) is 12.5. The number of rotatable bonds is 3. The third-order valence-corrected chi connectivity index (χ3v) is 3.73. The molecule has 0 atom stereocenters. The Morgan fingerprint density at radius 3 is 2.64 bits per heavy atom. The average Bonchev–Trinajstić information content (AvgIpc) is 3.10. The van der Waals surface area contributed by atoms with Crippen LogP contribution >= 0.6 is 23.2 Å². The van der Waals surface area contributed by atoms with Gasteiger partial charge in [-0.2, -0.15) is 5.10 Å². The van der Waals surface area contributed by atoms with Crippen molar-refractivity contribution in [1.29, 1.82) is 0 Å². The van der Waals surface area contributed by atoms with Crippen LogP contribution in [0.15, 0.2) is 48.9 Å². The third kappa shape index (κ3) is 2.73. The number of carbonyl (C=O) groups excluding carboxylic acids is 1. The molecule has 0 saturated heterocycles. The van der Waals surface area contributed by atoms with Crippen LogP contribution in [-0.4, -0.2) is 20.3 Å². The molecule has 5 nitrogen and oxygen atoms in total. The Balaban J connectivity index is 1.93. The lowest BCUT2D eigenvalue weighted by Crippen LogP contribution is -2.15. The molecule has 1 N–H and O–H groups in total. The van der Waals surface area contributed by atoms with Crippen molar-refractivity contribution < 1.29 is 4.79 Å². The Labute approximate surface area is 137 Å². The second kappa shape index (κ2) is 5.87. The predicted molar refractivity (Wildman–Crippen MR) is 87.0 cm³/mol. The van der Waals surface area contributed by atoms with Gasteiger partial charge in [-0.1, -0.05) is 23.2 Å². The number of halogens is 2. The van der Waals surface area contributed by atoms with Crippen LogP contribution in [0.1, 0.15) is 10.4 Å². The van der Waals surface area contributed by atoms with E-state index in [2.05, 4.69) is 10.4 Å². The molecule has 2 heterocycles. The van der Waals surface area contributed by atoms with Gasteiger partial charge in [-0.15, -0.1) is 0 Å². The molecule has 0 unspecified atom stereocenters. The lowest BCUT2D eigenvalue weighted by atomic mass is 10.2. The third-order valence-electron chi connectivity index (χ3n) is 3.18. The van der Waals surface area contributed by atoms with Crippen LogP contribution in [0, 0.1) is 0 Å². The molecule has 0 fully saturated rings. The van der Waals surface area contributed by atoms with Gasteiger partial charge in [0.25, 0.3) is 5.91 Å². The van der Waals surface area contributed by atoms with Gasteiger partial charge in [0.05, 0.1) is 16.9 Å². The topological polar surface area (TPSA) is 51.9 Å². The highest BCUT2D eigenvalue weighted by molar-refractivity contribution is 6.36. The van der Waals surface area contributed by atoms with Gasteiger partial charge in [0, 0.05) is 24.5 Å². The molecule has 1 aromatic carbocycles. The molecule has 0 aliphatic rings. The molecule has 0 aliphatic heterocycles. The zero-order valence-corrected chi connectivity index (χ0v) is 13.1. The predicted octanol–water partition coefficient (Wildman–Crippen LogP) is 3.77. The second-order valence-electron chi connectivity index (χ2n) is 4.67. The molecule has 22 heavy (non-hydrogen) atoms. The van der Waals surface area contributed by atoms with E-state index in [4.69, 9.17) is 23.2 Å². The highest BCUT2D eigenvalue weighted by atomic mass is 35.5. The Morgan fingerprint density at radius 1 is 1.23 bits per heavy atom. The van der Waals surface area contributed by atoms with Crippen molar-refractivity contribution in [3.8, 4) is 5.82 Å². The smallest absolute Gasteiger partial charge is 0.261 e. The number of aryl methyl sites for hydroxylation is 1. The maximum atomic E-state index is 12.5. The summed E-state index contributed by atoms with van der Waals surface area (Å²) in [5.74, 6) is 0.383. The van der Waals surface area contributed by atoms with Gasteiger partial charge in [0.1, 0.15) is 11.4 Å². The van der Waals surface area contributed by atoms with Gasteiger partial charge in [-0.3, -0.25) is 9.48 Å². The highest BCUT2D eigenvalue weighted by Crippen LogP contribution is 2.26. The summed E-state index contributed by atoms with van der Waals surface area (Å²) in [7, 11) is 1.78. The van der Waals surface area contributed by atoms with Gasteiger partial charge in [0.15, 0.2) is 0 Å². The van der Waals surface area contributed by atoms with Crippen molar-refractivity contribution in [2.75, 3.05) is 5.32 Å². The number of nitrogens with one attached hydrogen (secondary N) is 1. The minimum Gasteiger partial charge on any atom is -0.320 e. The van der Waals surface area contributed by atoms with E-state index < -0.39 is 0 Å². The number of hydrogen-bond donors (Lipinski definition) is 1. The molecule has 1 amide bonds. The van der Waals surface area contributed by atoms with E-state index in [9.17, 15) is 4.79 Å². The van der Waals surface area contributed by atoms with Crippen molar-refractivity contribution in [3.05, 3.63) is 64.5 Å². The van der Waals surface area contributed by atoms with Crippen molar-refractivity contribution >= 4 is 34.8 Å². The van der Waals surface area contributed by atoms with Gasteiger partial charge >= 0.3 is 0 Å². The molecule has 7 heteroatoms. The maximum Gasteiger partial charge on any atom is 0.261 e. The molecule has 3 aromatic rings. The summed E-state index contributed by atoms with van der Waals surface area (Å²) in [5.41, 5.74) is 0.947. The average molecular weight is 335 g/mol. The normalized spacial score (nSPS) is 10.7. The quantitative estimate of drug-likeness (QED) is 0.792. The summed E-state index contributed by atoms with van der Waals surface area (Å²) in [6.45, 7) is 0. The molecule has 3 rings (SSSR count). The standard InChI is InChI=1S/C15H12Cl2N4O/c1-20-15(21-6-2-3-7-21)11(9-18-20)14(22)19-13-5-4-10(16)8-12(13)17/h2-9H,1H3,(H,19,22). The number of benzene rings is 1. The summed E-state index contributed by atoms with van der Waals surface area (Å²) in [6.07, 6.45) is 5.22. The van der Waals surface area contributed by atoms with E-state index in [0.717, 1.165) is 0 Å². The molecule has 0 bridgehead atoms. The van der Waals surface area contributed by atoms with Crippen LogP contribution in [-0.2, 0) is 7.05 Å². The summed E-state index contributed by atoms with van der Waals surface area (Å²) in [5, 5.41) is 7.82. The largest absolute Gasteiger partial charge is 0.320 e. The van der Waals surface area contributed by atoms with Crippen molar-refractivity contribution in [2.45, 2.75) is 0 Å². The Morgan fingerprint density at radius 2 is 1.95 bits per heavy atom.